The number of carbonyl (C=O) groups is 2. The van der Waals surface area contributed by atoms with Gasteiger partial charge in [0.1, 0.15) is 5.76 Å². The molecule has 0 atom stereocenters. The topological polar surface area (TPSA) is 54.4 Å². The van der Waals surface area contributed by atoms with Crippen LogP contribution in [0.2, 0.25) is 5.02 Å². The molecular weight excluding hydrogens is 441 g/mol. The molecule has 2 aromatic carbocycles. The molecule has 0 unspecified atom stereocenters. The quantitative estimate of drug-likeness (QED) is 0.494. The smallest absolute Gasteiger partial charge is 0.417 e. The highest BCUT2D eigenvalue weighted by molar-refractivity contribution is 6.34. The van der Waals surface area contributed by atoms with Crippen molar-refractivity contribution in [3.63, 3.8) is 0 Å². The van der Waals surface area contributed by atoms with Gasteiger partial charge in [0, 0.05) is 5.02 Å². The Labute approximate surface area is 189 Å². The monoisotopic (exact) mass is 464 g/mol. The minimum absolute atomic E-state index is 0.0270. The number of ketones is 2. The molecule has 0 saturated heterocycles. The fraction of sp³-hybridized carbons (Fsp3) is 0.360. The number of benzene rings is 2. The van der Waals surface area contributed by atoms with E-state index in [-0.39, 0.29) is 27.5 Å². The second-order valence-corrected chi connectivity index (χ2v) is 9.48. The molecule has 170 valence electrons. The standard InChI is InChI=1S/C25H24ClF3O3/c1-6-13-7-8-14(16-10-9-15(26)12-18(16)25(27,28)29)11-17(13)19-20(30)23(2,3)22(32)24(4,5)21(19)31/h7-12,30H,6H2,1-5H3. The van der Waals surface area contributed by atoms with E-state index in [2.05, 4.69) is 0 Å². The van der Waals surface area contributed by atoms with E-state index < -0.39 is 34.1 Å². The number of Topliss-reactive ketones (excluding diaryl/α,β-unsaturated/α-hetero) is 2. The average Bonchev–Trinajstić information content (AvgIpc) is 2.71. The Balaban J connectivity index is 2.34. The lowest BCUT2D eigenvalue weighted by molar-refractivity contribution is -0.143. The van der Waals surface area contributed by atoms with Crippen molar-refractivity contribution in [3.8, 4) is 11.1 Å². The average molecular weight is 465 g/mol. The van der Waals surface area contributed by atoms with Gasteiger partial charge < -0.3 is 5.11 Å². The lowest BCUT2D eigenvalue weighted by atomic mass is 9.62. The lowest BCUT2D eigenvalue weighted by Crippen LogP contribution is -2.48. The summed E-state index contributed by atoms with van der Waals surface area (Å²) in [5.74, 6) is -1.34. The third-order valence-electron chi connectivity index (χ3n) is 6.12. The van der Waals surface area contributed by atoms with Gasteiger partial charge in [-0.15, -0.1) is 0 Å². The molecule has 0 spiro atoms. The second-order valence-electron chi connectivity index (χ2n) is 9.04. The number of hydrogen-bond acceptors (Lipinski definition) is 3. The summed E-state index contributed by atoms with van der Waals surface area (Å²) in [7, 11) is 0. The van der Waals surface area contributed by atoms with Crippen molar-refractivity contribution >= 4 is 28.7 Å². The van der Waals surface area contributed by atoms with E-state index in [0.717, 1.165) is 6.07 Å². The molecule has 0 radical (unpaired) electrons. The highest BCUT2D eigenvalue weighted by Gasteiger charge is 2.53. The fourth-order valence-corrected chi connectivity index (χ4v) is 4.43. The van der Waals surface area contributed by atoms with Crippen LogP contribution >= 0.6 is 11.6 Å². The molecule has 3 nitrogen and oxygen atoms in total. The first kappa shape index (κ1) is 24.1. The van der Waals surface area contributed by atoms with Gasteiger partial charge in [-0.05, 0) is 74.6 Å². The van der Waals surface area contributed by atoms with E-state index in [1.54, 1.807) is 12.1 Å². The third-order valence-corrected chi connectivity index (χ3v) is 6.35. The van der Waals surface area contributed by atoms with Crippen molar-refractivity contribution in [3.05, 3.63) is 63.9 Å². The van der Waals surface area contributed by atoms with Crippen LogP contribution in [0, 0.1) is 10.8 Å². The molecule has 0 saturated carbocycles. The van der Waals surface area contributed by atoms with Crippen molar-refractivity contribution in [1.29, 1.82) is 0 Å². The molecule has 32 heavy (non-hydrogen) atoms. The molecule has 0 bridgehead atoms. The number of aliphatic hydroxyl groups is 1. The highest BCUT2D eigenvalue weighted by Crippen LogP contribution is 2.47. The molecule has 7 heteroatoms. The van der Waals surface area contributed by atoms with Gasteiger partial charge in [-0.2, -0.15) is 13.2 Å². The molecular formula is C25H24ClF3O3. The number of carbonyl (C=O) groups excluding carboxylic acids is 2. The van der Waals surface area contributed by atoms with Crippen LogP contribution in [0.3, 0.4) is 0 Å². The van der Waals surface area contributed by atoms with Crippen LogP contribution in [-0.4, -0.2) is 16.7 Å². The van der Waals surface area contributed by atoms with E-state index in [0.29, 0.717) is 17.5 Å². The molecule has 0 amide bonds. The van der Waals surface area contributed by atoms with Gasteiger partial charge in [0.05, 0.1) is 22.0 Å². The first-order valence-corrected chi connectivity index (χ1v) is 10.6. The van der Waals surface area contributed by atoms with Gasteiger partial charge in [-0.1, -0.05) is 36.7 Å². The maximum Gasteiger partial charge on any atom is 0.417 e. The number of halogens is 4. The maximum absolute atomic E-state index is 13.7. The van der Waals surface area contributed by atoms with Gasteiger partial charge in [0.15, 0.2) is 11.6 Å². The van der Waals surface area contributed by atoms with Gasteiger partial charge >= 0.3 is 6.18 Å². The van der Waals surface area contributed by atoms with Gasteiger partial charge in [0.25, 0.3) is 0 Å². The number of aryl methyl sites for hydroxylation is 1. The molecule has 0 fully saturated rings. The predicted molar refractivity (Wildman–Crippen MR) is 118 cm³/mol. The third kappa shape index (κ3) is 3.75. The van der Waals surface area contributed by atoms with E-state index in [1.807, 2.05) is 6.92 Å². The Morgan fingerprint density at radius 1 is 0.938 bits per heavy atom. The van der Waals surface area contributed by atoms with Crippen LogP contribution < -0.4 is 0 Å². The molecule has 0 aliphatic heterocycles. The van der Waals surface area contributed by atoms with Gasteiger partial charge in [-0.25, -0.2) is 0 Å². The maximum atomic E-state index is 13.7. The fourth-order valence-electron chi connectivity index (χ4n) is 4.26. The van der Waals surface area contributed by atoms with Crippen LogP contribution in [0.25, 0.3) is 16.7 Å². The van der Waals surface area contributed by atoms with Crippen LogP contribution in [0.5, 0.6) is 0 Å². The van der Waals surface area contributed by atoms with Crippen LogP contribution in [0.15, 0.2) is 42.2 Å². The minimum Gasteiger partial charge on any atom is -0.510 e. The van der Waals surface area contributed by atoms with Crippen molar-refractivity contribution in [1.82, 2.24) is 0 Å². The van der Waals surface area contributed by atoms with Crippen molar-refractivity contribution in [2.24, 2.45) is 10.8 Å². The van der Waals surface area contributed by atoms with Crippen molar-refractivity contribution < 1.29 is 27.9 Å². The zero-order valence-electron chi connectivity index (χ0n) is 18.4. The summed E-state index contributed by atoms with van der Waals surface area (Å²) in [6.45, 7) is 7.92. The largest absolute Gasteiger partial charge is 0.510 e. The number of allylic oxidation sites excluding steroid dienone is 2. The molecule has 0 aromatic heterocycles. The summed E-state index contributed by atoms with van der Waals surface area (Å²) in [6, 6.07) is 8.17. The van der Waals surface area contributed by atoms with Gasteiger partial charge in [0.2, 0.25) is 0 Å². The van der Waals surface area contributed by atoms with E-state index in [1.165, 1.54) is 45.9 Å². The predicted octanol–water partition coefficient (Wildman–Crippen LogP) is 7.06. The molecule has 2 aromatic rings. The second kappa shape index (κ2) is 7.77. The van der Waals surface area contributed by atoms with E-state index in [9.17, 15) is 27.9 Å². The van der Waals surface area contributed by atoms with E-state index >= 15 is 0 Å². The number of hydrogen-bond donors (Lipinski definition) is 1. The Bertz CT molecular complexity index is 1160. The Morgan fingerprint density at radius 2 is 1.56 bits per heavy atom. The molecule has 1 N–H and O–H groups in total. The Morgan fingerprint density at radius 3 is 2.12 bits per heavy atom. The first-order valence-electron chi connectivity index (χ1n) is 10.2. The number of rotatable bonds is 3. The molecule has 3 rings (SSSR count). The summed E-state index contributed by atoms with van der Waals surface area (Å²) >= 11 is 5.81. The zero-order chi connectivity index (χ0) is 24.2. The summed E-state index contributed by atoms with van der Waals surface area (Å²) in [6.07, 6.45) is -4.16. The summed E-state index contributed by atoms with van der Waals surface area (Å²) in [4.78, 5) is 26.2. The first-order chi connectivity index (χ1) is 14.6. The summed E-state index contributed by atoms with van der Waals surface area (Å²) < 4.78 is 41.1. The van der Waals surface area contributed by atoms with Crippen LogP contribution in [0.1, 0.15) is 51.3 Å². The Kier molecular flexibility index (Phi) is 5.84. The number of aliphatic hydroxyl groups excluding tert-OH is 1. The zero-order valence-corrected chi connectivity index (χ0v) is 19.2. The lowest BCUT2D eigenvalue weighted by Gasteiger charge is -2.38. The SMILES string of the molecule is CCc1ccc(-c2ccc(Cl)cc2C(F)(F)F)cc1C1=C(O)C(C)(C)C(=O)C(C)(C)C1=O. The van der Waals surface area contributed by atoms with Crippen molar-refractivity contribution in [2.75, 3.05) is 0 Å². The van der Waals surface area contributed by atoms with Gasteiger partial charge in [-0.3, -0.25) is 9.59 Å². The normalized spacial score (nSPS) is 18.3. The summed E-state index contributed by atoms with van der Waals surface area (Å²) in [5.41, 5.74) is -2.50. The van der Waals surface area contributed by atoms with Crippen molar-refractivity contribution in [2.45, 2.75) is 47.2 Å². The highest BCUT2D eigenvalue weighted by atomic mass is 35.5. The molecule has 1 aliphatic carbocycles. The number of alkyl halides is 3. The van der Waals surface area contributed by atoms with E-state index in [4.69, 9.17) is 11.6 Å². The van der Waals surface area contributed by atoms with Crippen LogP contribution in [-0.2, 0) is 22.2 Å². The molecule has 0 heterocycles. The minimum atomic E-state index is -4.64. The Hall–Kier alpha value is -2.60. The molecule has 1 aliphatic rings. The van der Waals surface area contributed by atoms with Crippen LogP contribution in [0.4, 0.5) is 13.2 Å². The summed E-state index contributed by atoms with van der Waals surface area (Å²) in [5, 5.41) is 10.9.